The molecule has 0 saturated carbocycles. The lowest BCUT2D eigenvalue weighted by molar-refractivity contribution is -0.136. The van der Waals surface area contributed by atoms with Crippen molar-refractivity contribution in [2.45, 2.75) is 12.3 Å². The standard InChI is InChI=1S/C20H20F2N2O2/c21-17-5-1-15(2-6-17)13-19(16-3-7-18(22)8-4-16)20(26)24-11-9-23(14-25)10-12-24/h1-8,14,19H,9-13H2. The number of nitrogens with zero attached hydrogens (tertiary/aromatic N) is 2. The van der Waals surface area contributed by atoms with Gasteiger partial charge in [0.05, 0.1) is 5.92 Å². The molecular weight excluding hydrogens is 338 g/mol. The third kappa shape index (κ3) is 4.25. The Balaban J connectivity index is 1.82. The third-order valence-corrected chi connectivity index (χ3v) is 4.70. The number of carbonyl (C=O) groups is 2. The first-order valence-corrected chi connectivity index (χ1v) is 8.55. The summed E-state index contributed by atoms with van der Waals surface area (Å²) in [4.78, 5) is 27.3. The predicted octanol–water partition coefficient (Wildman–Crippen LogP) is 2.59. The van der Waals surface area contributed by atoms with Crippen LogP contribution < -0.4 is 0 Å². The monoisotopic (exact) mass is 358 g/mol. The molecule has 0 radical (unpaired) electrons. The average molecular weight is 358 g/mol. The fourth-order valence-electron chi connectivity index (χ4n) is 3.17. The highest BCUT2D eigenvalue weighted by Gasteiger charge is 2.28. The van der Waals surface area contributed by atoms with Crippen molar-refractivity contribution in [1.29, 1.82) is 0 Å². The summed E-state index contributed by atoms with van der Waals surface area (Å²) in [7, 11) is 0. The zero-order valence-electron chi connectivity index (χ0n) is 14.3. The maximum Gasteiger partial charge on any atom is 0.230 e. The van der Waals surface area contributed by atoms with E-state index < -0.39 is 5.92 Å². The van der Waals surface area contributed by atoms with E-state index in [1.165, 1.54) is 24.3 Å². The molecule has 1 aliphatic heterocycles. The molecule has 2 aromatic rings. The minimum Gasteiger partial charge on any atom is -0.342 e. The van der Waals surface area contributed by atoms with Gasteiger partial charge < -0.3 is 9.80 Å². The minimum absolute atomic E-state index is 0.0634. The van der Waals surface area contributed by atoms with Crippen molar-refractivity contribution < 1.29 is 18.4 Å². The van der Waals surface area contributed by atoms with Gasteiger partial charge in [0, 0.05) is 26.2 Å². The normalized spacial score (nSPS) is 15.6. The Morgan fingerprint density at radius 2 is 1.46 bits per heavy atom. The van der Waals surface area contributed by atoms with E-state index in [-0.39, 0.29) is 17.5 Å². The second-order valence-corrected chi connectivity index (χ2v) is 6.40. The Bertz CT molecular complexity index is 754. The van der Waals surface area contributed by atoms with Crippen molar-refractivity contribution in [2.75, 3.05) is 26.2 Å². The summed E-state index contributed by atoms with van der Waals surface area (Å²) in [6.07, 6.45) is 1.19. The lowest BCUT2D eigenvalue weighted by Crippen LogP contribution is -2.49. The van der Waals surface area contributed by atoms with Crippen LogP contribution in [0.25, 0.3) is 0 Å². The van der Waals surface area contributed by atoms with Gasteiger partial charge >= 0.3 is 0 Å². The Morgan fingerprint density at radius 1 is 0.923 bits per heavy atom. The molecular formula is C20H20F2N2O2. The minimum atomic E-state index is -0.483. The van der Waals surface area contributed by atoms with Crippen molar-refractivity contribution in [2.24, 2.45) is 0 Å². The van der Waals surface area contributed by atoms with Gasteiger partial charge in [0.15, 0.2) is 0 Å². The van der Waals surface area contributed by atoms with Crippen LogP contribution in [0.4, 0.5) is 8.78 Å². The number of hydrogen-bond acceptors (Lipinski definition) is 2. The molecule has 0 spiro atoms. The number of benzene rings is 2. The van der Waals surface area contributed by atoms with Crippen LogP contribution in [0.1, 0.15) is 17.0 Å². The van der Waals surface area contributed by atoms with E-state index in [1.807, 2.05) is 0 Å². The van der Waals surface area contributed by atoms with Crippen LogP contribution in [0.3, 0.4) is 0 Å². The molecule has 1 fully saturated rings. The first-order chi connectivity index (χ1) is 12.6. The SMILES string of the molecule is O=CN1CCN(C(=O)C(Cc2ccc(F)cc2)c2ccc(F)cc2)CC1. The molecule has 1 unspecified atom stereocenters. The van der Waals surface area contributed by atoms with Gasteiger partial charge in [-0.15, -0.1) is 0 Å². The molecule has 2 amide bonds. The van der Waals surface area contributed by atoms with E-state index in [2.05, 4.69) is 0 Å². The van der Waals surface area contributed by atoms with E-state index in [0.29, 0.717) is 32.6 Å². The first-order valence-electron chi connectivity index (χ1n) is 8.55. The summed E-state index contributed by atoms with van der Waals surface area (Å²) in [5, 5.41) is 0. The largest absolute Gasteiger partial charge is 0.342 e. The molecule has 0 bridgehead atoms. The van der Waals surface area contributed by atoms with Gasteiger partial charge in [-0.2, -0.15) is 0 Å². The van der Waals surface area contributed by atoms with Crippen LogP contribution in [-0.4, -0.2) is 48.3 Å². The smallest absolute Gasteiger partial charge is 0.230 e. The number of rotatable bonds is 5. The summed E-state index contributed by atoms with van der Waals surface area (Å²) in [5.74, 6) is -1.24. The van der Waals surface area contributed by atoms with Gasteiger partial charge in [0.1, 0.15) is 11.6 Å². The van der Waals surface area contributed by atoms with Crippen molar-refractivity contribution in [3.05, 3.63) is 71.3 Å². The Kier molecular flexibility index (Phi) is 5.61. The average Bonchev–Trinajstić information content (AvgIpc) is 2.68. The van der Waals surface area contributed by atoms with Crippen molar-refractivity contribution in [3.8, 4) is 0 Å². The fourth-order valence-corrected chi connectivity index (χ4v) is 3.17. The van der Waals surface area contributed by atoms with Crippen LogP contribution in [0.2, 0.25) is 0 Å². The van der Waals surface area contributed by atoms with E-state index >= 15 is 0 Å². The summed E-state index contributed by atoms with van der Waals surface area (Å²) >= 11 is 0. The Labute approximate surface area is 151 Å². The summed E-state index contributed by atoms with van der Waals surface area (Å²) in [6.45, 7) is 1.95. The van der Waals surface area contributed by atoms with Gasteiger partial charge in [0.25, 0.3) is 0 Å². The van der Waals surface area contributed by atoms with Gasteiger partial charge in [-0.3, -0.25) is 9.59 Å². The number of amides is 2. The highest BCUT2D eigenvalue weighted by atomic mass is 19.1. The molecule has 26 heavy (non-hydrogen) atoms. The molecule has 3 rings (SSSR count). The zero-order valence-corrected chi connectivity index (χ0v) is 14.3. The number of carbonyl (C=O) groups excluding carboxylic acids is 2. The quantitative estimate of drug-likeness (QED) is 0.771. The van der Waals surface area contributed by atoms with Crippen molar-refractivity contribution >= 4 is 12.3 Å². The van der Waals surface area contributed by atoms with Gasteiger partial charge in [0.2, 0.25) is 12.3 Å². The molecule has 1 aliphatic rings. The van der Waals surface area contributed by atoms with Crippen LogP contribution in [0.5, 0.6) is 0 Å². The molecule has 4 nitrogen and oxygen atoms in total. The van der Waals surface area contributed by atoms with E-state index in [4.69, 9.17) is 0 Å². The maximum atomic E-state index is 13.3. The molecule has 1 saturated heterocycles. The number of hydrogen-bond donors (Lipinski definition) is 0. The third-order valence-electron chi connectivity index (χ3n) is 4.70. The molecule has 0 N–H and O–H groups in total. The summed E-state index contributed by atoms with van der Waals surface area (Å²) in [5.41, 5.74) is 1.55. The number of halogens is 2. The Morgan fingerprint density at radius 3 is 2.00 bits per heavy atom. The summed E-state index contributed by atoms with van der Waals surface area (Å²) in [6, 6.07) is 11.9. The lowest BCUT2D eigenvalue weighted by Gasteiger charge is -2.35. The highest BCUT2D eigenvalue weighted by molar-refractivity contribution is 5.84. The van der Waals surface area contributed by atoms with Crippen LogP contribution in [0.15, 0.2) is 48.5 Å². The molecule has 1 atom stereocenters. The Hall–Kier alpha value is -2.76. The van der Waals surface area contributed by atoms with Gasteiger partial charge in [-0.1, -0.05) is 24.3 Å². The van der Waals surface area contributed by atoms with Crippen molar-refractivity contribution in [1.82, 2.24) is 9.80 Å². The van der Waals surface area contributed by atoms with E-state index in [9.17, 15) is 18.4 Å². The zero-order chi connectivity index (χ0) is 18.5. The second-order valence-electron chi connectivity index (χ2n) is 6.40. The topological polar surface area (TPSA) is 40.6 Å². The van der Waals surface area contributed by atoms with E-state index in [1.54, 1.807) is 34.1 Å². The predicted molar refractivity (Wildman–Crippen MR) is 93.5 cm³/mol. The van der Waals surface area contributed by atoms with Crippen LogP contribution in [0, 0.1) is 11.6 Å². The van der Waals surface area contributed by atoms with Crippen molar-refractivity contribution in [3.63, 3.8) is 0 Å². The maximum absolute atomic E-state index is 13.3. The van der Waals surface area contributed by atoms with Gasteiger partial charge in [-0.25, -0.2) is 8.78 Å². The molecule has 2 aromatic carbocycles. The second kappa shape index (κ2) is 8.08. The summed E-state index contributed by atoms with van der Waals surface area (Å²) < 4.78 is 26.4. The van der Waals surface area contributed by atoms with Crippen LogP contribution in [-0.2, 0) is 16.0 Å². The molecule has 1 heterocycles. The fraction of sp³-hybridized carbons (Fsp3) is 0.300. The molecule has 6 heteroatoms. The van der Waals surface area contributed by atoms with Crippen LogP contribution >= 0.6 is 0 Å². The number of piperazine rings is 1. The highest BCUT2D eigenvalue weighted by Crippen LogP contribution is 2.25. The lowest BCUT2D eigenvalue weighted by atomic mass is 9.90. The molecule has 0 aromatic heterocycles. The molecule has 0 aliphatic carbocycles. The molecule has 136 valence electrons. The first kappa shape index (κ1) is 18.0. The van der Waals surface area contributed by atoms with Gasteiger partial charge in [-0.05, 0) is 41.8 Å². The van der Waals surface area contributed by atoms with E-state index in [0.717, 1.165) is 17.5 Å².